The zero-order valence-corrected chi connectivity index (χ0v) is 11.1. The molecule has 0 aliphatic heterocycles. The van der Waals surface area contributed by atoms with Crippen LogP contribution in [0.2, 0.25) is 0 Å². The highest BCUT2D eigenvalue weighted by Gasteiger charge is 2.29. The molecule has 1 aliphatic carbocycles. The molecule has 2 N–H and O–H groups in total. The molecule has 0 spiro atoms. The Kier molecular flexibility index (Phi) is 3.56. The minimum atomic E-state index is -0.677. The van der Waals surface area contributed by atoms with Crippen LogP contribution in [0.4, 0.5) is 0 Å². The van der Waals surface area contributed by atoms with Crippen molar-refractivity contribution in [2.24, 2.45) is 5.92 Å². The maximum atomic E-state index is 11.5. The fourth-order valence-electron chi connectivity index (χ4n) is 2.12. The van der Waals surface area contributed by atoms with Gasteiger partial charge in [0.05, 0.1) is 12.4 Å². The Balaban J connectivity index is 1.60. The number of amides is 1. The summed E-state index contributed by atoms with van der Waals surface area (Å²) < 4.78 is 5.31. The van der Waals surface area contributed by atoms with Gasteiger partial charge < -0.3 is 14.8 Å². The second-order valence-electron chi connectivity index (χ2n) is 5.13. The summed E-state index contributed by atoms with van der Waals surface area (Å²) in [5.74, 6) is 1.02. The molecule has 2 aromatic rings. The zero-order chi connectivity index (χ0) is 13.9. The molecule has 0 saturated heterocycles. The van der Waals surface area contributed by atoms with Gasteiger partial charge in [0.2, 0.25) is 5.91 Å². The van der Waals surface area contributed by atoms with Gasteiger partial charge in [0.1, 0.15) is 5.76 Å². The van der Waals surface area contributed by atoms with E-state index in [0.29, 0.717) is 0 Å². The summed E-state index contributed by atoms with van der Waals surface area (Å²) in [6.07, 6.45) is 2.90. The molecule has 20 heavy (non-hydrogen) atoms. The normalized spacial score (nSPS) is 15.8. The fourth-order valence-corrected chi connectivity index (χ4v) is 2.12. The van der Waals surface area contributed by atoms with Crippen molar-refractivity contribution in [2.45, 2.75) is 18.9 Å². The van der Waals surface area contributed by atoms with Gasteiger partial charge in [-0.2, -0.15) is 0 Å². The minimum absolute atomic E-state index is 0.0521. The average Bonchev–Trinajstić information content (AvgIpc) is 3.19. The van der Waals surface area contributed by atoms with Gasteiger partial charge in [0.15, 0.2) is 0 Å². The number of nitrogens with one attached hydrogen (secondary N) is 1. The third kappa shape index (κ3) is 2.91. The molecule has 104 valence electrons. The molecule has 4 heteroatoms. The van der Waals surface area contributed by atoms with Crippen LogP contribution < -0.4 is 5.32 Å². The van der Waals surface area contributed by atoms with Crippen LogP contribution in [0.25, 0.3) is 11.3 Å². The smallest absolute Gasteiger partial charge is 0.223 e. The van der Waals surface area contributed by atoms with Gasteiger partial charge >= 0.3 is 0 Å². The maximum Gasteiger partial charge on any atom is 0.223 e. The molecule has 1 heterocycles. The van der Waals surface area contributed by atoms with E-state index < -0.39 is 6.10 Å². The molecule has 1 aromatic carbocycles. The van der Waals surface area contributed by atoms with E-state index >= 15 is 0 Å². The van der Waals surface area contributed by atoms with E-state index in [-0.39, 0.29) is 18.4 Å². The van der Waals surface area contributed by atoms with Crippen LogP contribution in [0, 0.1) is 5.92 Å². The van der Waals surface area contributed by atoms with E-state index in [1.807, 2.05) is 36.4 Å². The first kappa shape index (κ1) is 12.9. The number of aliphatic hydroxyl groups excluding tert-OH is 1. The first-order chi connectivity index (χ1) is 9.74. The second-order valence-corrected chi connectivity index (χ2v) is 5.13. The number of rotatable bonds is 5. The Morgan fingerprint density at radius 3 is 2.65 bits per heavy atom. The Hall–Kier alpha value is -2.07. The number of hydrogen-bond acceptors (Lipinski definition) is 3. The van der Waals surface area contributed by atoms with Crippen molar-refractivity contribution in [1.82, 2.24) is 5.32 Å². The highest BCUT2D eigenvalue weighted by Crippen LogP contribution is 2.29. The van der Waals surface area contributed by atoms with E-state index in [4.69, 9.17) is 4.42 Å². The highest BCUT2D eigenvalue weighted by atomic mass is 16.3. The standard InChI is InChI=1S/C16H17NO3/c18-14(10-17-16(19)13-7-8-13)11-3-5-12(6-4-11)15-2-1-9-20-15/h1-6,9,13-14,18H,7-8,10H2,(H,17,19). The lowest BCUT2D eigenvalue weighted by Gasteiger charge is -2.12. The van der Waals surface area contributed by atoms with Crippen LogP contribution in [0.15, 0.2) is 47.1 Å². The molecule has 3 rings (SSSR count). The SMILES string of the molecule is O=C(NCC(O)c1ccc(-c2ccco2)cc1)C1CC1. The summed E-state index contributed by atoms with van der Waals surface area (Å²) in [5, 5.41) is 12.8. The van der Waals surface area contributed by atoms with Gasteiger partial charge in [0.25, 0.3) is 0 Å². The van der Waals surface area contributed by atoms with E-state index in [9.17, 15) is 9.90 Å². The first-order valence-corrected chi connectivity index (χ1v) is 6.83. The molecule has 1 unspecified atom stereocenters. The van der Waals surface area contributed by atoms with Crippen molar-refractivity contribution in [2.75, 3.05) is 6.54 Å². The van der Waals surface area contributed by atoms with Crippen LogP contribution in [0.3, 0.4) is 0 Å². The first-order valence-electron chi connectivity index (χ1n) is 6.83. The quantitative estimate of drug-likeness (QED) is 0.878. The van der Waals surface area contributed by atoms with Crippen molar-refractivity contribution < 1.29 is 14.3 Å². The molecular weight excluding hydrogens is 254 g/mol. The van der Waals surface area contributed by atoms with E-state index in [1.165, 1.54) is 0 Å². The summed E-state index contributed by atoms with van der Waals surface area (Å²) in [5.41, 5.74) is 1.75. The number of carbonyl (C=O) groups is 1. The molecule has 1 aromatic heterocycles. The van der Waals surface area contributed by atoms with Gasteiger partial charge in [-0.3, -0.25) is 4.79 Å². The van der Waals surface area contributed by atoms with Gasteiger partial charge in [-0.15, -0.1) is 0 Å². The lowest BCUT2D eigenvalue weighted by atomic mass is 10.1. The van der Waals surface area contributed by atoms with Crippen LogP contribution >= 0.6 is 0 Å². The Morgan fingerprint density at radius 1 is 1.30 bits per heavy atom. The number of aliphatic hydroxyl groups is 1. The van der Waals surface area contributed by atoms with E-state index in [0.717, 1.165) is 29.7 Å². The van der Waals surface area contributed by atoms with Crippen molar-refractivity contribution in [3.63, 3.8) is 0 Å². The Morgan fingerprint density at radius 2 is 2.05 bits per heavy atom. The predicted octanol–water partition coefficient (Wildman–Crippen LogP) is 2.51. The zero-order valence-electron chi connectivity index (χ0n) is 11.1. The van der Waals surface area contributed by atoms with Crippen LogP contribution in [-0.2, 0) is 4.79 Å². The Labute approximate surface area is 117 Å². The summed E-state index contributed by atoms with van der Waals surface area (Å²) in [6, 6.07) is 11.2. The number of carbonyl (C=O) groups excluding carboxylic acids is 1. The van der Waals surface area contributed by atoms with Crippen molar-refractivity contribution in [3.8, 4) is 11.3 Å². The molecule has 1 saturated carbocycles. The summed E-state index contributed by atoms with van der Waals surface area (Å²) >= 11 is 0. The minimum Gasteiger partial charge on any atom is -0.464 e. The molecule has 0 bridgehead atoms. The number of hydrogen-bond donors (Lipinski definition) is 2. The summed E-state index contributed by atoms with van der Waals surface area (Å²) in [7, 11) is 0. The van der Waals surface area contributed by atoms with Gasteiger partial charge in [-0.25, -0.2) is 0 Å². The third-order valence-corrected chi connectivity index (χ3v) is 3.52. The molecule has 1 fully saturated rings. The molecule has 0 radical (unpaired) electrons. The molecule has 1 atom stereocenters. The summed E-state index contributed by atoms with van der Waals surface area (Å²) in [4.78, 5) is 11.5. The molecular formula is C16H17NO3. The Bertz CT molecular complexity index is 570. The molecule has 1 amide bonds. The van der Waals surface area contributed by atoms with Crippen molar-refractivity contribution >= 4 is 5.91 Å². The van der Waals surface area contributed by atoms with Gasteiger partial charge in [-0.05, 0) is 30.5 Å². The molecule has 1 aliphatic rings. The lowest BCUT2D eigenvalue weighted by molar-refractivity contribution is -0.122. The third-order valence-electron chi connectivity index (χ3n) is 3.52. The van der Waals surface area contributed by atoms with Crippen LogP contribution in [0.5, 0.6) is 0 Å². The molecule has 4 nitrogen and oxygen atoms in total. The average molecular weight is 271 g/mol. The maximum absolute atomic E-state index is 11.5. The fraction of sp³-hybridized carbons (Fsp3) is 0.312. The lowest BCUT2D eigenvalue weighted by Crippen LogP contribution is -2.29. The number of benzene rings is 1. The van der Waals surface area contributed by atoms with Gasteiger partial charge in [0, 0.05) is 18.0 Å². The number of furan rings is 1. The van der Waals surface area contributed by atoms with E-state index in [2.05, 4.69) is 5.32 Å². The van der Waals surface area contributed by atoms with Crippen LogP contribution in [-0.4, -0.2) is 17.6 Å². The largest absolute Gasteiger partial charge is 0.464 e. The van der Waals surface area contributed by atoms with Gasteiger partial charge in [-0.1, -0.05) is 24.3 Å². The van der Waals surface area contributed by atoms with E-state index in [1.54, 1.807) is 6.26 Å². The van der Waals surface area contributed by atoms with Crippen LogP contribution in [0.1, 0.15) is 24.5 Å². The monoisotopic (exact) mass is 271 g/mol. The van der Waals surface area contributed by atoms with Crippen molar-refractivity contribution in [3.05, 3.63) is 48.2 Å². The van der Waals surface area contributed by atoms with Crippen molar-refractivity contribution in [1.29, 1.82) is 0 Å². The summed E-state index contributed by atoms with van der Waals surface area (Å²) in [6.45, 7) is 0.259. The predicted molar refractivity (Wildman–Crippen MR) is 74.8 cm³/mol. The highest BCUT2D eigenvalue weighted by molar-refractivity contribution is 5.80. The second kappa shape index (κ2) is 5.51. The topological polar surface area (TPSA) is 62.5 Å².